The summed E-state index contributed by atoms with van der Waals surface area (Å²) in [6.45, 7) is 11.2. The normalized spacial score (nSPS) is 11.9. The maximum absolute atomic E-state index is 5.61. The first-order chi connectivity index (χ1) is 11.8. The van der Waals surface area contributed by atoms with E-state index in [1.807, 2.05) is 6.26 Å². The molecule has 0 heterocycles. The van der Waals surface area contributed by atoms with Gasteiger partial charge in [-0.1, -0.05) is 46.5 Å². The standard InChI is InChI=1S/C20H40O4/c1-4-7-9-11-20(10-6-3)19-24-18-17-23-16-15-22-14-13-21-12-8-5-2/h19H,4-18H2,1-3H3/b20-19+. The zero-order valence-corrected chi connectivity index (χ0v) is 16.3. The van der Waals surface area contributed by atoms with Crippen LogP contribution in [0.3, 0.4) is 0 Å². The van der Waals surface area contributed by atoms with E-state index in [0.717, 1.165) is 25.9 Å². The van der Waals surface area contributed by atoms with Crippen molar-refractivity contribution < 1.29 is 18.9 Å². The maximum atomic E-state index is 5.61. The van der Waals surface area contributed by atoms with Crippen molar-refractivity contribution in [1.82, 2.24) is 0 Å². The van der Waals surface area contributed by atoms with Gasteiger partial charge in [0, 0.05) is 6.61 Å². The van der Waals surface area contributed by atoms with Crippen molar-refractivity contribution in [2.45, 2.75) is 72.1 Å². The highest BCUT2D eigenvalue weighted by Gasteiger charge is 1.98. The molecule has 0 saturated carbocycles. The van der Waals surface area contributed by atoms with Gasteiger partial charge in [0.25, 0.3) is 0 Å². The Kier molecular flexibility index (Phi) is 20.0. The Morgan fingerprint density at radius 2 is 1.17 bits per heavy atom. The second-order valence-electron chi connectivity index (χ2n) is 6.04. The summed E-state index contributed by atoms with van der Waals surface area (Å²) in [7, 11) is 0. The smallest absolute Gasteiger partial charge is 0.111 e. The average molecular weight is 345 g/mol. The number of hydrogen-bond donors (Lipinski definition) is 0. The first kappa shape index (κ1) is 23.4. The van der Waals surface area contributed by atoms with Gasteiger partial charge in [-0.2, -0.15) is 0 Å². The minimum atomic E-state index is 0.611. The van der Waals surface area contributed by atoms with E-state index in [1.54, 1.807) is 0 Å². The minimum Gasteiger partial charge on any atom is -0.499 e. The molecule has 0 N–H and O–H groups in total. The highest BCUT2D eigenvalue weighted by atomic mass is 16.6. The van der Waals surface area contributed by atoms with Crippen molar-refractivity contribution in [3.05, 3.63) is 11.8 Å². The van der Waals surface area contributed by atoms with E-state index >= 15 is 0 Å². The van der Waals surface area contributed by atoms with E-state index in [1.165, 1.54) is 37.7 Å². The summed E-state index contributed by atoms with van der Waals surface area (Å²) in [5.74, 6) is 0. The van der Waals surface area contributed by atoms with Crippen LogP contribution >= 0.6 is 0 Å². The highest BCUT2D eigenvalue weighted by Crippen LogP contribution is 2.14. The summed E-state index contributed by atoms with van der Waals surface area (Å²) in [4.78, 5) is 0. The SMILES string of the molecule is CCCCC/C(=C/OCCOCCOCCOCCCC)CCC. The summed E-state index contributed by atoms with van der Waals surface area (Å²) in [6.07, 6.45) is 11.6. The first-order valence-corrected chi connectivity index (χ1v) is 9.87. The van der Waals surface area contributed by atoms with Gasteiger partial charge in [-0.15, -0.1) is 0 Å². The summed E-state index contributed by atoms with van der Waals surface area (Å²) < 4.78 is 22.0. The van der Waals surface area contributed by atoms with Crippen LogP contribution in [0.15, 0.2) is 11.8 Å². The van der Waals surface area contributed by atoms with Crippen LogP contribution in [0.4, 0.5) is 0 Å². The molecule has 0 spiro atoms. The van der Waals surface area contributed by atoms with Crippen LogP contribution in [0.5, 0.6) is 0 Å². The molecule has 0 fully saturated rings. The molecular weight excluding hydrogens is 304 g/mol. The molecular formula is C20H40O4. The number of rotatable bonds is 19. The fourth-order valence-electron chi connectivity index (χ4n) is 2.24. The summed E-state index contributed by atoms with van der Waals surface area (Å²) >= 11 is 0. The molecule has 0 aliphatic carbocycles. The fourth-order valence-corrected chi connectivity index (χ4v) is 2.24. The fraction of sp³-hybridized carbons (Fsp3) is 0.900. The monoisotopic (exact) mass is 344 g/mol. The van der Waals surface area contributed by atoms with Crippen LogP contribution in [-0.4, -0.2) is 46.2 Å². The molecule has 0 aliphatic rings. The van der Waals surface area contributed by atoms with E-state index in [-0.39, 0.29) is 0 Å². The Morgan fingerprint density at radius 1 is 0.583 bits per heavy atom. The number of allylic oxidation sites excluding steroid dienone is 1. The Bertz CT molecular complexity index is 266. The van der Waals surface area contributed by atoms with Crippen molar-refractivity contribution >= 4 is 0 Å². The van der Waals surface area contributed by atoms with E-state index in [4.69, 9.17) is 18.9 Å². The van der Waals surface area contributed by atoms with E-state index < -0.39 is 0 Å². The predicted octanol–water partition coefficient (Wildman–Crippen LogP) is 5.12. The lowest BCUT2D eigenvalue weighted by atomic mass is 10.0. The summed E-state index contributed by atoms with van der Waals surface area (Å²) in [6, 6.07) is 0. The molecule has 0 atom stereocenters. The number of unbranched alkanes of at least 4 members (excludes halogenated alkanes) is 3. The van der Waals surface area contributed by atoms with Crippen molar-refractivity contribution in [3.8, 4) is 0 Å². The second kappa shape index (κ2) is 20.5. The van der Waals surface area contributed by atoms with Crippen LogP contribution in [0.25, 0.3) is 0 Å². The third kappa shape index (κ3) is 17.8. The van der Waals surface area contributed by atoms with Crippen LogP contribution in [0.2, 0.25) is 0 Å². The van der Waals surface area contributed by atoms with Crippen molar-refractivity contribution in [2.75, 3.05) is 46.2 Å². The Morgan fingerprint density at radius 3 is 1.75 bits per heavy atom. The third-order valence-electron chi connectivity index (χ3n) is 3.65. The third-order valence-corrected chi connectivity index (χ3v) is 3.65. The Labute approximate surface area is 149 Å². The zero-order valence-electron chi connectivity index (χ0n) is 16.3. The Balaban J connectivity index is 3.38. The predicted molar refractivity (Wildman–Crippen MR) is 100 cm³/mol. The lowest BCUT2D eigenvalue weighted by molar-refractivity contribution is 0.00606. The van der Waals surface area contributed by atoms with Gasteiger partial charge in [-0.05, 0) is 31.3 Å². The molecule has 0 aromatic rings. The highest BCUT2D eigenvalue weighted by molar-refractivity contribution is 4.97. The van der Waals surface area contributed by atoms with E-state index in [0.29, 0.717) is 39.6 Å². The molecule has 0 aliphatic heterocycles. The molecule has 4 heteroatoms. The second-order valence-corrected chi connectivity index (χ2v) is 6.04. The molecule has 24 heavy (non-hydrogen) atoms. The largest absolute Gasteiger partial charge is 0.499 e. The van der Waals surface area contributed by atoms with Crippen LogP contribution in [-0.2, 0) is 18.9 Å². The van der Waals surface area contributed by atoms with Crippen LogP contribution < -0.4 is 0 Å². The first-order valence-electron chi connectivity index (χ1n) is 9.87. The van der Waals surface area contributed by atoms with Crippen LogP contribution in [0.1, 0.15) is 72.1 Å². The molecule has 0 rings (SSSR count). The van der Waals surface area contributed by atoms with Crippen molar-refractivity contribution in [3.63, 3.8) is 0 Å². The molecule has 0 bridgehead atoms. The van der Waals surface area contributed by atoms with Gasteiger partial charge in [0.05, 0.1) is 39.3 Å². The summed E-state index contributed by atoms with van der Waals surface area (Å²) in [5, 5.41) is 0. The molecule has 0 unspecified atom stereocenters. The molecule has 0 aromatic carbocycles. The molecule has 144 valence electrons. The topological polar surface area (TPSA) is 36.9 Å². The van der Waals surface area contributed by atoms with Gasteiger partial charge in [0.1, 0.15) is 6.61 Å². The van der Waals surface area contributed by atoms with E-state index in [2.05, 4.69) is 20.8 Å². The quantitative estimate of drug-likeness (QED) is 0.241. The number of ether oxygens (including phenoxy) is 4. The minimum absolute atomic E-state index is 0.611. The van der Waals surface area contributed by atoms with Gasteiger partial charge in [-0.3, -0.25) is 0 Å². The number of hydrogen-bond acceptors (Lipinski definition) is 4. The lowest BCUT2D eigenvalue weighted by Gasteiger charge is -2.08. The van der Waals surface area contributed by atoms with Gasteiger partial charge >= 0.3 is 0 Å². The molecule has 0 saturated heterocycles. The van der Waals surface area contributed by atoms with Crippen LogP contribution in [0, 0.1) is 0 Å². The maximum Gasteiger partial charge on any atom is 0.111 e. The molecule has 4 nitrogen and oxygen atoms in total. The van der Waals surface area contributed by atoms with Gasteiger partial charge in [0.2, 0.25) is 0 Å². The molecule has 0 amide bonds. The Hall–Kier alpha value is -0.580. The average Bonchev–Trinajstić information content (AvgIpc) is 2.59. The van der Waals surface area contributed by atoms with Gasteiger partial charge in [-0.25, -0.2) is 0 Å². The molecule has 0 aromatic heterocycles. The lowest BCUT2D eigenvalue weighted by Crippen LogP contribution is -2.11. The molecule has 0 radical (unpaired) electrons. The summed E-state index contributed by atoms with van der Waals surface area (Å²) in [5.41, 5.74) is 1.43. The van der Waals surface area contributed by atoms with Gasteiger partial charge in [0.15, 0.2) is 0 Å². The van der Waals surface area contributed by atoms with Gasteiger partial charge < -0.3 is 18.9 Å². The zero-order chi connectivity index (χ0) is 17.7. The van der Waals surface area contributed by atoms with Crippen molar-refractivity contribution in [1.29, 1.82) is 0 Å². The van der Waals surface area contributed by atoms with Crippen molar-refractivity contribution in [2.24, 2.45) is 0 Å². The van der Waals surface area contributed by atoms with E-state index in [9.17, 15) is 0 Å².